The number of urea groups is 1. The van der Waals surface area contributed by atoms with Crippen molar-refractivity contribution < 1.29 is 24.0 Å². The summed E-state index contributed by atoms with van der Waals surface area (Å²) in [5, 5.41) is 6.52. The second-order valence-electron chi connectivity index (χ2n) is 7.08. The third kappa shape index (κ3) is 3.65. The van der Waals surface area contributed by atoms with E-state index in [0.29, 0.717) is 5.56 Å². The Labute approximate surface area is 182 Å². The maximum atomic E-state index is 13.1. The number of ketones is 1. The quantitative estimate of drug-likeness (QED) is 0.424. The van der Waals surface area contributed by atoms with Crippen LogP contribution in [-0.4, -0.2) is 29.5 Å². The lowest BCUT2D eigenvalue weighted by molar-refractivity contribution is -0.139. The summed E-state index contributed by atoms with van der Waals surface area (Å²) < 4.78 is 0. The minimum atomic E-state index is -2.16. The fourth-order valence-electron chi connectivity index (χ4n) is 3.46. The van der Waals surface area contributed by atoms with Crippen molar-refractivity contribution in [3.05, 3.63) is 107 Å². The minimum Gasteiger partial charge on any atom is -0.326 e. The molecule has 0 aliphatic carbocycles. The Kier molecular flexibility index (Phi) is 5.34. The Morgan fingerprint density at radius 3 is 1.81 bits per heavy atom. The molecule has 1 saturated heterocycles. The van der Waals surface area contributed by atoms with Gasteiger partial charge in [0.15, 0.2) is 5.78 Å². The van der Waals surface area contributed by atoms with Crippen LogP contribution in [0.2, 0.25) is 0 Å². The zero-order chi connectivity index (χ0) is 22.7. The zero-order valence-electron chi connectivity index (χ0n) is 16.6. The molecule has 1 aliphatic rings. The first-order chi connectivity index (χ1) is 15.4. The smallest absolute Gasteiger partial charge is 0.326 e. The fourth-order valence-corrected chi connectivity index (χ4v) is 3.46. The van der Waals surface area contributed by atoms with Crippen LogP contribution in [0.3, 0.4) is 0 Å². The van der Waals surface area contributed by atoms with Crippen molar-refractivity contribution in [3.8, 4) is 0 Å². The lowest BCUT2D eigenvalue weighted by Gasteiger charge is -2.34. The molecule has 32 heavy (non-hydrogen) atoms. The van der Waals surface area contributed by atoms with E-state index in [0.717, 1.165) is 0 Å². The normalized spacial score (nSPS) is 14.8. The zero-order valence-corrected chi connectivity index (χ0v) is 16.6. The van der Waals surface area contributed by atoms with E-state index >= 15 is 0 Å². The van der Waals surface area contributed by atoms with Crippen LogP contribution in [0, 0.1) is 0 Å². The number of hydrogen-bond donors (Lipinski definition) is 3. The van der Waals surface area contributed by atoms with Crippen molar-refractivity contribution in [2.75, 3.05) is 0 Å². The lowest BCUT2D eigenvalue weighted by atomic mass is 9.86. The molecule has 1 fully saturated rings. The van der Waals surface area contributed by atoms with Gasteiger partial charge in [0.1, 0.15) is 0 Å². The molecule has 8 nitrogen and oxygen atoms in total. The molecule has 0 radical (unpaired) electrons. The van der Waals surface area contributed by atoms with Crippen LogP contribution in [0.25, 0.3) is 0 Å². The molecule has 0 saturated carbocycles. The van der Waals surface area contributed by atoms with Crippen LogP contribution in [0.15, 0.2) is 84.9 Å². The van der Waals surface area contributed by atoms with E-state index in [4.69, 9.17) is 0 Å². The highest BCUT2D eigenvalue weighted by Crippen LogP contribution is 2.25. The molecular weight excluding hydrogens is 410 g/mol. The number of hydrogen-bond acceptors (Lipinski definition) is 5. The summed E-state index contributed by atoms with van der Waals surface area (Å²) in [5.41, 5.74) is -1.20. The highest BCUT2D eigenvalue weighted by molar-refractivity contribution is 6.24. The standard InChI is InChI=1S/C24H17N3O5/c28-19(15-8-3-1-4-9-15)16-10-7-11-17(14-16)20(29)27-24(18-12-5-2-6-13-18)21(30)25-23(32)26-22(24)31/h1-14H,(H,27,29)(H2,25,26,30,31,32). The average molecular weight is 427 g/mol. The van der Waals surface area contributed by atoms with Gasteiger partial charge in [-0.3, -0.25) is 29.8 Å². The number of barbiturate groups is 1. The molecule has 3 N–H and O–H groups in total. The van der Waals surface area contributed by atoms with Gasteiger partial charge in [0.05, 0.1) is 0 Å². The Morgan fingerprint density at radius 2 is 1.19 bits per heavy atom. The number of imide groups is 2. The summed E-state index contributed by atoms with van der Waals surface area (Å²) >= 11 is 0. The van der Waals surface area contributed by atoms with Gasteiger partial charge in [-0.25, -0.2) is 4.79 Å². The summed E-state index contributed by atoms with van der Waals surface area (Å²) in [5.74, 6) is -3.02. The van der Waals surface area contributed by atoms with Crippen molar-refractivity contribution in [3.63, 3.8) is 0 Å². The lowest BCUT2D eigenvalue weighted by Crippen LogP contribution is -2.71. The summed E-state index contributed by atoms with van der Waals surface area (Å²) in [4.78, 5) is 63.1. The summed E-state index contributed by atoms with van der Waals surface area (Å²) in [6.45, 7) is 0. The number of benzene rings is 3. The van der Waals surface area contributed by atoms with Gasteiger partial charge in [-0.2, -0.15) is 0 Å². The van der Waals surface area contributed by atoms with Gasteiger partial charge in [-0.1, -0.05) is 72.8 Å². The monoisotopic (exact) mass is 427 g/mol. The fraction of sp³-hybridized carbons (Fsp3) is 0.0417. The van der Waals surface area contributed by atoms with E-state index < -0.39 is 29.3 Å². The largest absolute Gasteiger partial charge is 0.328 e. The molecule has 4 rings (SSSR count). The Balaban J connectivity index is 1.70. The first-order valence-electron chi connectivity index (χ1n) is 9.66. The molecule has 3 aromatic carbocycles. The molecule has 1 heterocycles. The van der Waals surface area contributed by atoms with Crippen LogP contribution >= 0.6 is 0 Å². The second kappa shape index (κ2) is 8.27. The van der Waals surface area contributed by atoms with Crippen LogP contribution < -0.4 is 16.0 Å². The van der Waals surface area contributed by atoms with Crippen LogP contribution in [0.1, 0.15) is 31.8 Å². The molecule has 0 unspecified atom stereocenters. The minimum absolute atomic E-state index is 0.0691. The molecule has 158 valence electrons. The Hall–Kier alpha value is -4.59. The van der Waals surface area contributed by atoms with Gasteiger partial charge in [0.2, 0.25) is 5.54 Å². The average Bonchev–Trinajstić information content (AvgIpc) is 2.82. The predicted molar refractivity (Wildman–Crippen MR) is 114 cm³/mol. The van der Waals surface area contributed by atoms with Crippen molar-refractivity contribution in [1.82, 2.24) is 16.0 Å². The molecule has 8 heteroatoms. The van der Waals surface area contributed by atoms with E-state index in [1.807, 2.05) is 10.6 Å². The highest BCUT2D eigenvalue weighted by atomic mass is 16.2. The SMILES string of the molecule is O=C1NC(=O)C(NC(=O)c2cccc(C(=O)c3ccccc3)c2)(c2ccccc2)C(=O)N1. The molecule has 3 aromatic rings. The van der Waals surface area contributed by atoms with E-state index in [9.17, 15) is 24.0 Å². The Morgan fingerprint density at radius 1 is 0.656 bits per heavy atom. The third-order valence-electron chi connectivity index (χ3n) is 5.07. The van der Waals surface area contributed by atoms with E-state index in [2.05, 4.69) is 5.32 Å². The number of carbonyl (C=O) groups excluding carboxylic acids is 5. The van der Waals surface area contributed by atoms with Crippen molar-refractivity contribution in [1.29, 1.82) is 0 Å². The molecule has 1 aliphatic heterocycles. The summed E-state index contributed by atoms with van der Waals surface area (Å²) in [7, 11) is 0. The van der Waals surface area contributed by atoms with Crippen molar-refractivity contribution in [2.24, 2.45) is 0 Å². The number of amides is 5. The van der Waals surface area contributed by atoms with Gasteiger partial charge in [-0.05, 0) is 17.7 Å². The number of rotatable bonds is 5. The Bertz CT molecular complexity index is 1220. The van der Waals surface area contributed by atoms with Gasteiger partial charge in [-0.15, -0.1) is 0 Å². The van der Waals surface area contributed by atoms with Crippen LogP contribution in [0.5, 0.6) is 0 Å². The molecule has 0 spiro atoms. The topological polar surface area (TPSA) is 121 Å². The molecule has 5 amide bonds. The molecular formula is C24H17N3O5. The summed E-state index contributed by atoms with van der Waals surface area (Å²) in [6, 6.07) is 21.4. The van der Waals surface area contributed by atoms with Crippen molar-refractivity contribution in [2.45, 2.75) is 5.54 Å². The first kappa shape index (κ1) is 20.7. The predicted octanol–water partition coefficient (Wildman–Crippen LogP) is 1.91. The van der Waals surface area contributed by atoms with Gasteiger partial charge in [0, 0.05) is 16.7 Å². The maximum absolute atomic E-state index is 13.1. The van der Waals surface area contributed by atoms with E-state index in [1.54, 1.807) is 54.6 Å². The van der Waals surface area contributed by atoms with E-state index in [-0.39, 0.29) is 22.5 Å². The number of nitrogens with one attached hydrogen (secondary N) is 3. The maximum Gasteiger partial charge on any atom is 0.328 e. The molecule has 0 atom stereocenters. The van der Waals surface area contributed by atoms with Crippen molar-refractivity contribution >= 4 is 29.5 Å². The molecule has 0 aromatic heterocycles. The number of carbonyl (C=O) groups is 5. The van der Waals surface area contributed by atoms with Gasteiger partial charge < -0.3 is 5.32 Å². The highest BCUT2D eigenvalue weighted by Gasteiger charge is 2.53. The second-order valence-corrected chi connectivity index (χ2v) is 7.08. The third-order valence-corrected chi connectivity index (χ3v) is 5.07. The van der Waals surface area contributed by atoms with Crippen LogP contribution in [0.4, 0.5) is 4.79 Å². The van der Waals surface area contributed by atoms with E-state index in [1.165, 1.54) is 30.3 Å². The first-order valence-corrected chi connectivity index (χ1v) is 9.66. The summed E-state index contributed by atoms with van der Waals surface area (Å²) in [6.07, 6.45) is 0. The molecule has 0 bridgehead atoms. The van der Waals surface area contributed by atoms with Gasteiger partial charge >= 0.3 is 6.03 Å². The van der Waals surface area contributed by atoms with Crippen LogP contribution in [-0.2, 0) is 15.1 Å². The van der Waals surface area contributed by atoms with Gasteiger partial charge in [0.25, 0.3) is 17.7 Å².